The molecule has 0 aliphatic heterocycles. The largest absolute Gasteiger partial charge is 0.402 e. The van der Waals surface area contributed by atoms with Gasteiger partial charge >= 0.3 is 0 Å². The molecule has 2 heteroatoms. The molecular weight excluding hydrogens is 268 g/mol. The van der Waals surface area contributed by atoms with Crippen LogP contribution in [0.2, 0.25) is 0 Å². The van der Waals surface area contributed by atoms with Gasteiger partial charge in [0.25, 0.3) is 0 Å². The van der Waals surface area contributed by atoms with Crippen LogP contribution < -0.4 is 5.73 Å². The highest BCUT2D eigenvalue weighted by Gasteiger charge is 2.08. The van der Waals surface area contributed by atoms with Crippen molar-refractivity contribution >= 4 is 11.8 Å². The smallest absolute Gasteiger partial charge is 0.0177 e. The quantitative estimate of drug-likeness (QED) is 0.469. The zero-order chi connectivity index (χ0) is 16.4. The van der Waals surface area contributed by atoms with Crippen LogP contribution in [0.4, 0.5) is 0 Å². The van der Waals surface area contributed by atoms with Crippen LogP contribution >= 0.6 is 0 Å². The number of nitrogens with one attached hydrogen (secondary N) is 1. The summed E-state index contributed by atoms with van der Waals surface area (Å²) in [5, 5.41) is 7.11. The molecule has 2 nitrogen and oxygen atoms in total. The van der Waals surface area contributed by atoms with Crippen LogP contribution in [0, 0.1) is 11.3 Å². The van der Waals surface area contributed by atoms with Crippen molar-refractivity contribution in [2.24, 2.45) is 11.7 Å². The molecule has 0 aliphatic carbocycles. The molecule has 0 amide bonds. The van der Waals surface area contributed by atoms with Gasteiger partial charge in [-0.25, -0.2) is 0 Å². The number of hydrogen-bond acceptors (Lipinski definition) is 2. The van der Waals surface area contributed by atoms with E-state index < -0.39 is 0 Å². The van der Waals surface area contributed by atoms with E-state index in [1.54, 1.807) is 6.08 Å². The van der Waals surface area contributed by atoms with Gasteiger partial charge in [-0.3, -0.25) is 0 Å². The zero-order valence-electron chi connectivity index (χ0n) is 14.2. The lowest BCUT2D eigenvalue weighted by molar-refractivity contribution is 0.438. The van der Waals surface area contributed by atoms with Gasteiger partial charge in [0.05, 0.1) is 0 Å². The summed E-state index contributed by atoms with van der Waals surface area (Å²) >= 11 is 0. The van der Waals surface area contributed by atoms with Gasteiger partial charge in [-0.15, -0.1) is 0 Å². The predicted octanol–water partition coefficient (Wildman–Crippen LogP) is 5.34. The molecule has 0 fully saturated rings. The van der Waals surface area contributed by atoms with Crippen molar-refractivity contribution < 1.29 is 0 Å². The Morgan fingerprint density at radius 1 is 1.14 bits per heavy atom. The molecule has 0 bridgehead atoms. The van der Waals surface area contributed by atoms with Crippen LogP contribution in [0.5, 0.6) is 0 Å². The van der Waals surface area contributed by atoms with Gasteiger partial charge in [-0.1, -0.05) is 69.9 Å². The minimum absolute atomic E-state index is 0.778. The molecule has 0 heterocycles. The highest BCUT2D eigenvalue weighted by molar-refractivity contribution is 5.81. The summed E-state index contributed by atoms with van der Waals surface area (Å²) in [6.07, 6.45) is 11.2. The van der Waals surface area contributed by atoms with Crippen LogP contribution in [-0.4, -0.2) is 6.21 Å². The number of hydrogen-bond donors (Lipinski definition) is 2. The minimum Gasteiger partial charge on any atom is -0.402 e. The van der Waals surface area contributed by atoms with Crippen molar-refractivity contribution in [3.05, 3.63) is 53.2 Å². The van der Waals surface area contributed by atoms with Gasteiger partial charge in [0.15, 0.2) is 0 Å². The third-order valence-corrected chi connectivity index (χ3v) is 3.97. The molecule has 0 aliphatic rings. The number of allylic oxidation sites excluding steroid dienone is 4. The third kappa shape index (κ3) is 5.88. The van der Waals surface area contributed by atoms with Gasteiger partial charge < -0.3 is 11.1 Å². The Hall–Kier alpha value is -1.83. The van der Waals surface area contributed by atoms with E-state index in [1.165, 1.54) is 43.9 Å². The second-order valence-corrected chi connectivity index (χ2v) is 5.97. The Balaban J connectivity index is 2.87. The van der Waals surface area contributed by atoms with Gasteiger partial charge in [-0.2, -0.15) is 0 Å². The molecule has 1 aromatic carbocycles. The fourth-order valence-electron chi connectivity index (χ4n) is 2.92. The van der Waals surface area contributed by atoms with Gasteiger partial charge in [0.1, 0.15) is 0 Å². The first-order valence-corrected chi connectivity index (χ1v) is 8.35. The fourth-order valence-corrected chi connectivity index (χ4v) is 2.92. The maximum atomic E-state index is 7.11. The van der Waals surface area contributed by atoms with Crippen molar-refractivity contribution in [3.63, 3.8) is 0 Å². The Morgan fingerprint density at radius 3 is 2.18 bits per heavy atom. The summed E-state index contributed by atoms with van der Waals surface area (Å²) < 4.78 is 0. The summed E-state index contributed by atoms with van der Waals surface area (Å²) in [4.78, 5) is 0. The summed E-state index contributed by atoms with van der Waals surface area (Å²) in [5.41, 5.74) is 10.3. The first-order chi connectivity index (χ1) is 10.6. The highest BCUT2D eigenvalue weighted by atomic mass is 14.6. The Bertz CT molecular complexity index is 499. The number of rotatable bonds is 9. The molecule has 0 spiro atoms. The van der Waals surface area contributed by atoms with Crippen LogP contribution in [0.25, 0.3) is 5.57 Å². The van der Waals surface area contributed by atoms with Crippen LogP contribution in [0.3, 0.4) is 0 Å². The molecule has 0 saturated heterocycles. The first-order valence-electron chi connectivity index (χ1n) is 8.35. The van der Waals surface area contributed by atoms with Crippen molar-refractivity contribution in [1.29, 1.82) is 5.41 Å². The fraction of sp³-hybridized carbons (Fsp3) is 0.450. The number of nitrogens with two attached hydrogens (primary N) is 1. The third-order valence-electron chi connectivity index (χ3n) is 3.97. The molecule has 0 saturated carbocycles. The monoisotopic (exact) mass is 298 g/mol. The van der Waals surface area contributed by atoms with Gasteiger partial charge in [-0.05, 0) is 36.5 Å². The topological polar surface area (TPSA) is 49.9 Å². The summed E-state index contributed by atoms with van der Waals surface area (Å²) in [6.45, 7) is 6.43. The second-order valence-electron chi connectivity index (χ2n) is 5.97. The molecule has 1 rings (SSSR count). The average Bonchev–Trinajstić information content (AvgIpc) is 2.49. The Labute approximate surface area is 135 Å². The molecule has 0 aromatic heterocycles. The van der Waals surface area contributed by atoms with Gasteiger partial charge in [0.2, 0.25) is 0 Å². The Kier molecular flexibility index (Phi) is 8.27. The van der Waals surface area contributed by atoms with E-state index >= 15 is 0 Å². The lowest BCUT2D eigenvalue weighted by Crippen LogP contribution is -2.04. The molecule has 22 heavy (non-hydrogen) atoms. The zero-order valence-corrected chi connectivity index (χ0v) is 14.2. The van der Waals surface area contributed by atoms with Crippen molar-refractivity contribution in [3.8, 4) is 0 Å². The minimum atomic E-state index is 0.778. The van der Waals surface area contributed by atoms with Crippen LogP contribution in [0.1, 0.15) is 57.6 Å². The maximum Gasteiger partial charge on any atom is 0.0177 e. The lowest BCUT2D eigenvalue weighted by Gasteiger charge is -2.15. The normalized spacial score (nSPS) is 12.7. The van der Waals surface area contributed by atoms with E-state index in [2.05, 4.69) is 38.1 Å². The van der Waals surface area contributed by atoms with Crippen molar-refractivity contribution in [2.75, 3.05) is 0 Å². The van der Waals surface area contributed by atoms with E-state index in [0.29, 0.717) is 0 Å². The molecule has 120 valence electrons. The molecule has 0 radical (unpaired) electrons. The van der Waals surface area contributed by atoms with Crippen LogP contribution in [-0.2, 0) is 6.42 Å². The van der Waals surface area contributed by atoms with E-state index in [1.807, 2.05) is 13.0 Å². The summed E-state index contributed by atoms with van der Waals surface area (Å²) in [6, 6.07) is 8.72. The van der Waals surface area contributed by atoms with Crippen LogP contribution in [0.15, 0.2) is 42.1 Å². The molecule has 0 atom stereocenters. The number of benzene rings is 1. The van der Waals surface area contributed by atoms with Crippen molar-refractivity contribution in [2.45, 2.75) is 52.9 Å². The highest BCUT2D eigenvalue weighted by Crippen LogP contribution is 2.22. The Morgan fingerprint density at radius 2 is 1.73 bits per heavy atom. The standard InChI is InChI=1S/C20H30N2/c1-4-7-17(8-5-2)15-18-10-12-19(13-11-18)20(16(3)22)9-6-14-21/h6,9-14,17,21H,4-5,7-8,15,22H2,1-3H3/b9-6-,20-16-,21-14?. The lowest BCUT2D eigenvalue weighted by atomic mass is 9.90. The van der Waals surface area contributed by atoms with E-state index in [-0.39, 0.29) is 0 Å². The predicted molar refractivity (Wildman–Crippen MR) is 98.2 cm³/mol. The second kappa shape index (κ2) is 9.99. The molecular formula is C20H30N2. The molecule has 0 unspecified atom stereocenters. The van der Waals surface area contributed by atoms with Crippen molar-refractivity contribution in [1.82, 2.24) is 0 Å². The summed E-state index contributed by atoms with van der Waals surface area (Å²) in [7, 11) is 0. The van der Waals surface area contributed by atoms with E-state index in [0.717, 1.165) is 22.8 Å². The summed E-state index contributed by atoms with van der Waals surface area (Å²) in [5.74, 6) is 0.796. The molecule has 1 aromatic rings. The van der Waals surface area contributed by atoms with Gasteiger partial charge in [0, 0.05) is 17.5 Å². The van der Waals surface area contributed by atoms with E-state index in [4.69, 9.17) is 11.1 Å². The maximum absolute atomic E-state index is 7.11. The van der Waals surface area contributed by atoms with E-state index in [9.17, 15) is 0 Å². The first kappa shape index (κ1) is 18.2. The average molecular weight is 298 g/mol. The molecule has 3 N–H and O–H groups in total. The SMILES string of the molecule is CCCC(CCC)Cc1ccc(C(/C=C\C=N)=C(/C)N)cc1.